The molecule has 0 aliphatic carbocycles. The molecular weight excluding hydrogens is 479 g/mol. The fourth-order valence-electron chi connectivity index (χ4n) is 2.45. The normalized spacial score (nSPS) is 10.9. The van der Waals surface area contributed by atoms with Crippen molar-refractivity contribution in [2.75, 3.05) is 39.2 Å². The summed E-state index contributed by atoms with van der Waals surface area (Å²) in [7, 11) is 3.29. The average molecular weight is 505 g/mol. The second-order valence-electron chi connectivity index (χ2n) is 5.80. The first-order chi connectivity index (χ1) is 13.1. The summed E-state index contributed by atoms with van der Waals surface area (Å²) >= 11 is 0. The molecule has 2 aromatic carbocycles. The molecule has 0 aliphatic heterocycles. The number of rotatable bonds is 9. The summed E-state index contributed by atoms with van der Waals surface area (Å²) in [6, 6.07) is 11.3. The average Bonchev–Trinajstić information content (AvgIpc) is 2.67. The molecule has 2 aromatic rings. The Morgan fingerprint density at radius 1 is 1.07 bits per heavy atom. The third-order valence-corrected chi connectivity index (χ3v) is 3.81. The van der Waals surface area contributed by atoms with Crippen molar-refractivity contribution in [2.45, 2.75) is 12.8 Å². The molecule has 0 bridgehead atoms. The van der Waals surface area contributed by atoms with E-state index < -0.39 is 11.6 Å². The lowest BCUT2D eigenvalue weighted by atomic mass is 10.1. The molecule has 0 amide bonds. The molecule has 5 nitrogen and oxygen atoms in total. The van der Waals surface area contributed by atoms with Crippen molar-refractivity contribution in [1.82, 2.24) is 5.32 Å². The Morgan fingerprint density at radius 3 is 2.46 bits per heavy atom. The van der Waals surface area contributed by atoms with Crippen LogP contribution in [0, 0.1) is 11.6 Å². The zero-order chi connectivity index (χ0) is 19.5. The minimum Gasteiger partial charge on any atom is -0.493 e. The predicted octanol–water partition coefficient (Wildman–Crippen LogP) is 4.23. The third kappa shape index (κ3) is 7.97. The highest BCUT2D eigenvalue weighted by Crippen LogP contribution is 2.17. The van der Waals surface area contributed by atoms with Gasteiger partial charge in [0.05, 0.1) is 6.61 Å². The minimum atomic E-state index is -0.543. The molecular formula is C20H26F2IN3O2. The summed E-state index contributed by atoms with van der Waals surface area (Å²) in [5, 5.41) is 6.18. The number of anilines is 1. The first-order valence-electron chi connectivity index (χ1n) is 8.76. The summed E-state index contributed by atoms with van der Waals surface area (Å²) in [5.74, 6) is 0.152. The molecule has 154 valence electrons. The Kier molecular flexibility index (Phi) is 11.4. The van der Waals surface area contributed by atoms with Crippen molar-refractivity contribution >= 4 is 35.6 Å². The largest absolute Gasteiger partial charge is 0.493 e. The van der Waals surface area contributed by atoms with Crippen molar-refractivity contribution in [3.63, 3.8) is 0 Å². The van der Waals surface area contributed by atoms with Gasteiger partial charge in [-0.15, -0.1) is 24.0 Å². The second kappa shape index (κ2) is 13.3. The summed E-state index contributed by atoms with van der Waals surface area (Å²) in [6.07, 6.45) is 1.02. The molecule has 0 spiro atoms. The maximum atomic E-state index is 13.7. The molecule has 0 aromatic heterocycles. The van der Waals surface area contributed by atoms with E-state index in [-0.39, 0.29) is 36.0 Å². The number of methoxy groups -OCH3 is 1. The fraction of sp³-hybridized carbons (Fsp3) is 0.350. The Hall–Kier alpha value is -1.94. The number of aliphatic imine (C=N–C) groups is 1. The molecule has 0 heterocycles. The number of halogens is 3. The van der Waals surface area contributed by atoms with E-state index in [1.807, 2.05) is 24.3 Å². The van der Waals surface area contributed by atoms with Crippen molar-refractivity contribution in [3.05, 3.63) is 59.7 Å². The number of ether oxygens (including phenoxy) is 2. The Morgan fingerprint density at radius 2 is 1.79 bits per heavy atom. The van der Waals surface area contributed by atoms with Crippen LogP contribution in [0.25, 0.3) is 0 Å². The quantitative estimate of drug-likeness (QED) is 0.232. The number of benzene rings is 2. The lowest BCUT2D eigenvalue weighted by molar-refractivity contribution is 0.172. The first-order valence-corrected chi connectivity index (χ1v) is 8.76. The number of guanidine groups is 1. The van der Waals surface area contributed by atoms with Gasteiger partial charge >= 0.3 is 0 Å². The number of nitrogens with zero attached hydrogens (tertiary/aromatic N) is 1. The van der Waals surface area contributed by atoms with Crippen molar-refractivity contribution in [1.29, 1.82) is 0 Å². The van der Waals surface area contributed by atoms with Gasteiger partial charge in [-0.1, -0.05) is 12.1 Å². The fourth-order valence-corrected chi connectivity index (χ4v) is 2.45. The molecule has 2 rings (SSSR count). The number of hydrogen-bond acceptors (Lipinski definition) is 3. The van der Waals surface area contributed by atoms with Gasteiger partial charge in [-0.3, -0.25) is 4.99 Å². The molecule has 0 radical (unpaired) electrons. The van der Waals surface area contributed by atoms with Gasteiger partial charge in [0.15, 0.2) is 5.96 Å². The van der Waals surface area contributed by atoms with E-state index in [0.717, 1.165) is 17.9 Å². The highest BCUT2D eigenvalue weighted by molar-refractivity contribution is 14.0. The Balaban J connectivity index is 0.00000392. The zero-order valence-electron chi connectivity index (χ0n) is 16.0. The van der Waals surface area contributed by atoms with Crippen LogP contribution in [0.5, 0.6) is 5.75 Å². The molecule has 0 aliphatic rings. The first kappa shape index (κ1) is 24.1. The SMILES string of the molecule is CN=C(NCCc1c(F)cccc1F)Nc1cccc(OCCCOC)c1.I. The van der Waals surface area contributed by atoms with Crippen LogP contribution >= 0.6 is 24.0 Å². The zero-order valence-corrected chi connectivity index (χ0v) is 18.3. The van der Waals surface area contributed by atoms with Crippen LogP contribution in [0.15, 0.2) is 47.5 Å². The predicted molar refractivity (Wildman–Crippen MR) is 119 cm³/mol. The van der Waals surface area contributed by atoms with Crippen LogP contribution in [-0.4, -0.2) is 39.9 Å². The molecule has 2 N–H and O–H groups in total. The maximum Gasteiger partial charge on any atom is 0.195 e. The van der Waals surface area contributed by atoms with E-state index in [0.29, 0.717) is 25.7 Å². The van der Waals surface area contributed by atoms with E-state index in [1.165, 1.54) is 18.2 Å². The Labute approximate surface area is 181 Å². The van der Waals surface area contributed by atoms with Crippen molar-refractivity contribution in [3.8, 4) is 5.75 Å². The van der Waals surface area contributed by atoms with Gasteiger partial charge in [-0.25, -0.2) is 8.78 Å². The second-order valence-corrected chi connectivity index (χ2v) is 5.80. The van der Waals surface area contributed by atoms with E-state index in [1.54, 1.807) is 14.2 Å². The van der Waals surface area contributed by atoms with E-state index >= 15 is 0 Å². The highest BCUT2D eigenvalue weighted by atomic mass is 127. The molecule has 0 unspecified atom stereocenters. The van der Waals surface area contributed by atoms with Crippen LogP contribution < -0.4 is 15.4 Å². The summed E-state index contributed by atoms with van der Waals surface area (Å²) in [4.78, 5) is 4.13. The molecule has 8 heteroatoms. The van der Waals surface area contributed by atoms with E-state index in [9.17, 15) is 8.78 Å². The summed E-state index contributed by atoms with van der Waals surface area (Å²) in [5.41, 5.74) is 0.858. The van der Waals surface area contributed by atoms with Gasteiger partial charge in [-0.2, -0.15) is 0 Å². The number of hydrogen-bond donors (Lipinski definition) is 2. The molecule has 0 atom stereocenters. The third-order valence-electron chi connectivity index (χ3n) is 3.81. The van der Waals surface area contributed by atoms with Crippen LogP contribution in [0.2, 0.25) is 0 Å². The monoisotopic (exact) mass is 505 g/mol. The van der Waals surface area contributed by atoms with Gasteiger partial charge in [0, 0.05) is 51.0 Å². The van der Waals surface area contributed by atoms with Gasteiger partial charge in [0.2, 0.25) is 0 Å². The van der Waals surface area contributed by atoms with Crippen LogP contribution in [0.4, 0.5) is 14.5 Å². The standard InChI is InChI=1S/C20H25F2N3O2.HI/c1-23-20(24-11-10-17-18(21)8-4-9-19(17)22)25-15-6-3-7-16(14-15)27-13-5-12-26-2;/h3-4,6-9,14H,5,10-13H2,1-2H3,(H2,23,24,25);1H. The highest BCUT2D eigenvalue weighted by Gasteiger charge is 2.08. The molecule has 0 saturated heterocycles. The van der Waals surface area contributed by atoms with E-state index in [2.05, 4.69) is 15.6 Å². The van der Waals surface area contributed by atoms with Crippen molar-refractivity contribution in [2.24, 2.45) is 4.99 Å². The van der Waals surface area contributed by atoms with Crippen molar-refractivity contribution < 1.29 is 18.3 Å². The van der Waals surface area contributed by atoms with Gasteiger partial charge in [0.1, 0.15) is 17.4 Å². The lowest BCUT2D eigenvalue weighted by Gasteiger charge is -2.13. The molecule has 0 saturated carbocycles. The van der Waals surface area contributed by atoms with E-state index in [4.69, 9.17) is 9.47 Å². The molecule has 0 fully saturated rings. The van der Waals surface area contributed by atoms with Crippen LogP contribution in [0.3, 0.4) is 0 Å². The van der Waals surface area contributed by atoms with Crippen LogP contribution in [0.1, 0.15) is 12.0 Å². The Bertz CT molecular complexity index is 740. The number of nitrogens with one attached hydrogen (secondary N) is 2. The maximum absolute atomic E-state index is 13.7. The smallest absolute Gasteiger partial charge is 0.195 e. The minimum absolute atomic E-state index is 0. The van der Waals surface area contributed by atoms with Gasteiger partial charge in [-0.05, 0) is 30.7 Å². The van der Waals surface area contributed by atoms with Gasteiger partial charge in [0.25, 0.3) is 0 Å². The summed E-state index contributed by atoms with van der Waals surface area (Å²) in [6.45, 7) is 1.56. The topological polar surface area (TPSA) is 54.9 Å². The summed E-state index contributed by atoms with van der Waals surface area (Å²) < 4.78 is 38.0. The van der Waals surface area contributed by atoms with Crippen LogP contribution in [-0.2, 0) is 11.2 Å². The lowest BCUT2D eigenvalue weighted by Crippen LogP contribution is -2.32. The van der Waals surface area contributed by atoms with Gasteiger partial charge < -0.3 is 20.1 Å². The molecule has 28 heavy (non-hydrogen) atoms.